The van der Waals surface area contributed by atoms with Gasteiger partial charge in [0.1, 0.15) is 0 Å². The molecule has 0 N–H and O–H groups in total. The highest BCUT2D eigenvalue weighted by atomic mass is 15.0. The van der Waals surface area contributed by atoms with Crippen molar-refractivity contribution in [1.29, 1.82) is 0 Å². The first-order valence-electron chi connectivity index (χ1n) is 22.2. The van der Waals surface area contributed by atoms with Crippen LogP contribution in [0.1, 0.15) is 22.3 Å². The zero-order chi connectivity index (χ0) is 41.9. The molecule has 2 aliphatic rings. The minimum absolute atomic E-state index is 0.362. The zero-order valence-electron chi connectivity index (χ0n) is 34.8. The third kappa shape index (κ3) is 4.82. The smallest absolute Gasteiger partial charge is 0.0788 e. The van der Waals surface area contributed by atoms with E-state index in [-0.39, 0.29) is 5.41 Å². The number of nitrogens with zero attached hydrogens (tertiary/aromatic N) is 2. The van der Waals surface area contributed by atoms with Gasteiger partial charge in [0.05, 0.1) is 27.7 Å². The number of pyridine rings is 1. The molecule has 12 aromatic rings. The molecule has 0 unspecified atom stereocenters. The first-order valence-corrected chi connectivity index (χ1v) is 22.2. The van der Waals surface area contributed by atoms with Gasteiger partial charge in [-0.15, -0.1) is 0 Å². The number of hydrogen-bond donors (Lipinski definition) is 0. The van der Waals surface area contributed by atoms with Crippen LogP contribution >= 0.6 is 0 Å². The summed E-state index contributed by atoms with van der Waals surface area (Å²) in [7, 11) is 0. The van der Waals surface area contributed by atoms with Gasteiger partial charge in [-0.2, -0.15) is 0 Å². The molecule has 0 amide bonds. The lowest BCUT2D eigenvalue weighted by Crippen LogP contribution is -2.25. The molecule has 0 atom stereocenters. The van der Waals surface area contributed by atoms with Crippen molar-refractivity contribution in [3.05, 3.63) is 253 Å². The Morgan fingerprint density at radius 3 is 1.50 bits per heavy atom. The molecule has 64 heavy (non-hydrogen) atoms. The van der Waals surface area contributed by atoms with Crippen LogP contribution in [0.4, 0.5) is 0 Å². The molecule has 10 aromatic carbocycles. The van der Waals surface area contributed by atoms with E-state index in [1.54, 1.807) is 0 Å². The Morgan fingerprint density at radius 1 is 0.297 bits per heavy atom. The van der Waals surface area contributed by atoms with E-state index in [0.717, 1.165) is 33.2 Å². The summed E-state index contributed by atoms with van der Waals surface area (Å²) in [5.41, 5.74) is 21.8. The summed E-state index contributed by atoms with van der Waals surface area (Å²) in [5, 5.41) is 5.97. The normalized spacial score (nSPS) is 13.1. The van der Waals surface area contributed by atoms with Gasteiger partial charge in [-0.1, -0.05) is 182 Å². The number of aromatic nitrogens is 2. The number of para-hydroxylation sites is 2. The Hall–Kier alpha value is -8.33. The van der Waals surface area contributed by atoms with E-state index in [2.05, 4.69) is 235 Å². The van der Waals surface area contributed by atoms with Crippen LogP contribution in [-0.2, 0) is 5.41 Å². The third-order valence-electron chi connectivity index (χ3n) is 14.2. The van der Waals surface area contributed by atoms with Crippen molar-refractivity contribution < 1.29 is 0 Å². The summed E-state index contributed by atoms with van der Waals surface area (Å²) in [4.78, 5) is 5.42. The average Bonchev–Trinajstić information content (AvgIpc) is 3.97. The van der Waals surface area contributed by atoms with Crippen LogP contribution in [0.3, 0.4) is 0 Å². The van der Waals surface area contributed by atoms with E-state index in [0.29, 0.717) is 0 Å². The second-order valence-corrected chi connectivity index (χ2v) is 17.4. The largest absolute Gasteiger partial charge is 0.309 e. The predicted octanol–water partition coefficient (Wildman–Crippen LogP) is 15.8. The van der Waals surface area contributed by atoms with E-state index in [4.69, 9.17) is 4.98 Å². The maximum absolute atomic E-state index is 5.42. The summed E-state index contributed by atoms with van der Waals surface area (Å²) in [6.07, 6.45) is 0. The number of rotatable bonds is 4. The van der Waals surface area contributed by atoms with E-state index in [1.807, 2.05) is 0 Å². The average molecular weight is 811 g/mol. The van der Waals surface area contributed by atoms with Crippen LogP contribution in [0.25, 0.3) is 105 Å². The first-order chi connectivity index (χ1) is 31.7. The lowest BCUT2D eigenvalue weighted by Gasteiger charge is -2.30. The molecule has 2 nitrogen and oxygen atoms in total. The van der Waals surface area contributed by atoms with Gasteiger partial charge in [0.25, 0.3) is 0 Å². The highest BCUT2D eigenvalue weighted by Crippen LogP contribution is 2.63. The van der Waals surface area contributed by atoms with Crippen LogP contribution in [0.15, 0.2) is 231 Å². The summed E-state index contributed by atoms with van der Waals surface area (Å²) in [5.74, 6) is 0. The van der Waals surface area contributed by atoms with Gasteiger partial charge in [-0.25, -0.2) is 4.98 Å². The molecule has 2 heterocycles. The van der Waals surface area contributed by atoms with Crippen molar-refractivity contribution in [2.45, 2.75) is 5.41 Å². The van der Waals surface area contributed by atoms with Gasteiger partial charge in [0.2, 0.25) is 0 Å². The van der Waals surface area contributed by atoms with Crippen LogP contribution in [-0.4, -0.2) is 9.55 Å². The summed E-state index contributed by atoms with van der Waals surface area (Å²) in [6, 6.07) is 85.0. The minimum atomic E-state index is -0.362. The molecule has 0 saturated heterocycles. The lowest BCUT2D eigenvalue weighted by atomic mass is 9.70. The van der Waals surface area contributed by atoms with Crippen LogP contribution in [0, 0.1) is 0 Å². The molecule has 0 fully saturated rings. The molecule has 2 aliphatic carbocycles. The second kappa shape index (κ2) is 13.3. The molecular weight excluding hydrogens is 773 g/mol. The summed E-state index contributed by atoms with van der Waals surface area (Å²) in [6.45, 7) is 0. The molecule has 2 aromatic heterocycles. The molecule has 0 saturated carbocycles. The van der Waals surface area contributed by atoms with Gasteiger partial charge >= 0.3 is 0 Å². The van der Waals surface area contributed by atoms with E-state index in [1.165, 1.54) is 94.0 Å². The summed E-state index contributed by atoms with van der Waals surface area (Å²) >= 11 is 0. The zero-order valence-corrected chi connectivity index (χ0v) is 34.8. The quantitative estimate of drug-likeness (QED) is 0.162. The first kappa shape index (κ1) is 35.3. The molecule has 2 heteroatoms. The van der Waals surface area contributed by atoms with Crippen molar-refractivity contribution in [2.75, 3.05) is 0 Å². The van der Waals surface area contributed by atoms with Crippen molar-refractivity contribution >= 4 is 43.5 Å². The Balaban J connectivity index is 0.919. The number of fused-ring (bicyclic) bond motifs is 16. The van der Waals surface area contributed by atoms with Gasteiger partial charge < -0.3 is 4.57 Å². The van der Waals surface area contributed by atoms with Crippen molar-refractivity contribution in [3.8, 4) is 61.5 Å². The van der Waals surface area contributed by atoms with Gasteiger partial charge in [-0.3, -0.25) is 0 Å². The maximum atomic E-state index is 5.42. The Morgan fingerprint density at radius 2 is 0.828 bits per heavy atom. The maximum Gasteiger partial charge on any atom is 0.0788 e. The predicted molar refractivity (Wildman–Crippen MR) is 266 cm³/mol. The van der Waals surface area contributed by atoms with E-state index in [9.17, 15) is 0 Å². The lowest BCUT2D eigenvalue weighted by molar-refractivity contribution is 0.794. The Labute approximate surface area is 371 Å². The molecule has 1 spiro atoms. The SMILES string of the molecule is c1ccc(-c2nc3ccc(-c4ccc(-c5ccc6c(c5)C5(c7ccccc7-c7ccccc75)c5ccccc5-6)cc4)cc3c3cc4c5ccccc5n(-c5ccccc5)c4cc23)cc1. The van der Waals surface area contributed by atoms with Crippen LogP contribution in [0.2, 0.25) is 0 Å². The van der Waals surface area contributed by atoms with Crippen molar-refractivity contribution in [3.63, 3.8) is 0 Å². The van der Waals surface area contributed by atoms with Gasteiger partial charge in [-0.05, 0) is 121 Å². The second-order valence-electron chi connectivity index (χ2n) is 17.4. The fourth-order valence-corrected chi connectivity index (χ4v) is 11.4. The number of hydrogen-bond acceptors (Lipinski definition) is 1. The monoisotopic (exact) mass is 810 g/mol. The van der Waals surface area contributed by atoms with Gasteiger partial charge in [0, 0.05) is 32.8 Å². The van der Waals surface area contributed by atoms with Crippen LogP contribution < -0.4 is 0 Å². The fourth-order valence-electron chi connectivity index (χ4n) is 11.4. The van der Waals surface area contributed by atoms with E-state index < -0.39 is 0 Å². The molecule has 0 aliphatic heterocycles. The Kier molecular flexibility index (Phi) is 7.35. The molecule has 0 bridgehead atoms. The minimum Gasteiger partial charge on any atom is -0.309 e. The van der Waals surface area contributed by atoms with Gasteiger partial charge in [0.15, 0.2) is 0 Å². The third-order valence-corrected chi connectivity index (χ3v) is 14.2. The molecule has 296 valence electrons. The van der Waals surface area contributed by atoms with Crippen molar-refractivity contribution in [1.82, 2.24) is 9.55 Å². The topological polar surface area (TPSA) is 17.8 Å². The highest BCUT2D eigenvalue weighted by Gasteiger charge is 2.51. The molecule has 14 rings (SSSR count). The van der Waals surface area contributed by atoms with Crippen LogP contribution in [0.5, 0.6) is 0 Å². The van der Waals surface area contributed by atoms with Crippen molar-refractivity contribution in [2.24, 2.45) is 0 Å². The highest BCUT2D eigenvalue weighted by molar-refractivity contribution is 6.20. The molecule has 0 radical (unpaired) electrons. The molecular formula is C62H38N2. The number of benzene rings is 10. The van der Waals surface area contributed by atoms with E-state index >= 15 is 0 Å². The Bertz CT molecular complexity index is 3810. The fraction of sp³-hybridized carbons (Fsp3) is 0.0161. The standard InChI is InChI=1S/C62H38N2/c1-3-15-41(16-4-1)61-53-38-60-52(49-22-10-14-26-59(49)64(60)44-17-5-2-6-18-44)37-50(53)51-35-42(32-34-58(51)63-61)39-27-29-40(30-28-39)43-31-33-48-47-21-9-13-25-56(47)62(57(48)36-43)54-23-11-7-19-45(54)46-20-8-12-24-55(46)62/h1-38H. The summed E-state index contributed by atoms with van der Waals surface area (Å²) < 4.78 is 2.40.